The fraction of sp³-hybridized carbons (Fsp3) is 0.100. The van der Waals surface area contributed by atoms with Gasteiger partial charge in [-0.2, -0.15) is 0 Å². The van der Waals surface area contributed by atoms with Crippen molar-refractivity contribution >= 4 is 29.3 Å². The van der Waals surface area contributed by atoms with Gasteiger partial charge in [0, 0.05) is 16.3 Å². The smallest absolute Gasteiger partial charge is 0.331 e. The van der Waals surface area contributed by atoms with E-state index in [9.17, 15) is 4.79 Å². The zero-order valence-electron chi connectivity index (χ0n) is 8.12. The topological polar surface area (TPSA) is 75.3 Å². The summed E-state index contributed by atoms with van der Waals surface area (Å²) in [5, 5.41) is 9.19. The fourth-order valence-electron chi connectivity index (χ4n) is 1.04. The lowest BCUT2D eigenvalue weighted by atomic mass is 10.1. The number of aliphatic carboxylic acids is 1. The molecule has 5 heteroatoms. The number of carbonyl (C=O) groups is 1. The predicted octanol–water partition coefficient (Wildman–Crippen LogP) is 2.11. The highest BCUT2D eigenvalue weighted by atomic mass is 35.5. The Morgan fingerprint density at radius 2 is 2.27 bits per heavy atom. The lowest BCUT2D eigenvalue weighted by Crippen LogP contribution is -2.06. The maximum absolute atomic E-state index is 10.6. The zero-order chi connectivity index (χ0) is 11.4. The van der Waals surface area contributed by atoms with Crippen molar-refractivity contribution in [2.45, 2.75) is 6.92 Å². The molecule has 0 radical (unpaired) electrons. The van der Waals surface area contributed by atoms with Gasteiger partial charge in [-0.25, -0.2) is 4.79 Å². The van der Waals surface area contributed by atoms with Crippen LogP contribution in [0, 0.1) is 0 Å². The number of halogens is 1. The molecule has 4 nitrogen and oxygen atoms in total. The van der Waals surface area contributed by atoms with E-state index in [0.29, 0.717) is 16.3 Å². The van der Waals surface area contributed by atoms with Gasteiger partial charge in [0.25, 0.3) is 0 Å². The molecule has 0 saturated heterocycles. The second-order valence-corrected chi connectivity index (χ2v) is 3.42. The fourth-order valence-corrected chi connectivity index (χ4v) is 1.21. The van der Waals surface area contributed by atoms with E-state index >= 15 is 0 Å². The Bertz CT molecular complexity index is 416. The van der Waals surface area contributed by atoms with Gasteiger partial charge in [0.05, 0.1) is 0 Å². The van der Waals surface area contributed by atoms with Crippen LogP contribution in [0.15, 0.2) is 23.8 Å². The maximum atomic E-state index is 10.6. The van der Waals surface area contributed by atoms with Crippen LogP contribution in [-0.2, 0) is 4.79 Å². The number of rotatable bonds is 3. The SMILES string of the molecule is CC(=Cc1cc(NN)ccc1Cl)C(=O)O. The number of nitrogens with one attached hydrogen (secondary N) is 1. The van der Waals surface area contributed by atoms with Crippen LogP contribution >= 0.6 is 11.6 Å². The van der Waals surface area contributed by atoms with E-state index in [-0.39, 0.29) is 5.57 Å². The van der Waals surface area contributed by atoms with Gasteiger partial charge >= 0.3 is 5.97 Å². The van der Waals surface area contributed by atoms with Crippen LogP contribution in [0.1, 0.15) is 12.5 Å². The van der Waals surface area contributed by atoms with Crippen LogP contribution in [0.2, 0.25) is 5.02 Å². The number of carboxylic acid groups (broad SMARTS) is 1. The van der Waals surface area contributed by atoms with Crippen molar-refractivity contribution in [2.24, 2.45) is 5.84 Å². The number of hydrogen-bond donors (Lipinski definition) is 3. The molecule has 0 atom stereocenters. The van der Waals surface area contributed by atoms with Crippen LogP contribution in [0.25, 0.3) is 6.08 Å². The number of nitrogen functional groups attached to an aromatic ring is 1. The quantitative estimate of drug-likeness (QED) is 0.419. The van der Waals surface area contributed by atoms with Gasteiger partial charge in [-0.3, -0.25) is 5.84 Å². The Hall–Kier alpha value is -1.52. The monoisotopic (exact) mass is 226 g/mol. The Labute approximate surface area is 92.3 Å². The van der Waals surface area contributed by atoms with E-state index in [4.69, 9.17) is 22.6 Å². The van der Waals surface area contributed by atoms with Gasteiger partial charge in [-0.15, -0.1) is 0 Å². The largest absolute Gasteiger partial charge is 0.478 e. The van der Waals surface area contributed by atoms with E-state index in [2.05, 4.69) is 5.43 Å². The molecule has 0 unspecified atom stereocenters. The van der Waals surface area contributed by atoms with Gasteiger partial charge in [0.1, 0.15) is 0 Å². The van der Waals surface area contributed by atoms with Crippen molar-refractivity contribution in [1.82, 2.24) is 0 Å². The van der Waals surface area contributed by atoms with Crippen LogP contribution < -0.4 is 11.3 Å². The first kappa shape index (κ1) is 11.6. The van der Waals surface area contributed by atoms with Gasteiger partial charge in [-0.1, -0.05) is 11.6 Å². The standard InChI is InChI=1S/C10H11ClN2O2/c1-6(10(14)15)4-7-5-8(13-12)2-3-9(7)11/h2-5,13H,12H2,1H3,(H,14,15). The molecule has 0 aliphatic heterocycles. The van der Waals surface area contributed by atoms with Crippen molar-refractivity contribution in [3.8, 4) is 0 Å². The first-order valence-electron chi connectivity index (χ1n) is 4.22. The summed E-state index contributed by atoms with van der Waals surface area (Å²) in [5.74, 6) is 4.25. The Kier molecular flexibility index (Phi) is 3.71. The van der Waals surface area contributed by atoms with E-state index in [0.717, 1.165) is 0 Å². The molecule has 1 aromatic carbocycles. The number of hydrogen-bond acceptors (Lipinski definition) is 3. The summed E-state index contributed by atoms with van der Waals surface area (Å²) in [6.45, 7) is 1.50. The third-order valence-electron chi connectivity index (χ3n) is 1.87. The van der Waals surface area contributed by atoms with Crippen LogP contribution in [0.5, 0.6) is 0 Å². The van der Waals surface area contributed by atoms with Crippen molar-refractivity contribution in [2.75, 3.05) is 5.43 Å². The summed E-state index contributed by atoms with van der Waals surface area (Å²) in [4.78, 5) is 10.6. The summed E-state index contributed by atoms with van der Waals surface area (Å²) in [6.07, 6.45) is 1.49. The third kappa shape index (κ3) is 2.97. The maximum Gasteiger partial charge on any atom is 0.331 e. The van der Waals surface area contributed by atoms with Gasteiger partial charge in [-0.05, 0) is 36.8 Å². The summed E-state index contributed by atoms with van der Waals surface area (Å²) in [5.41, 5.74) is 3.96. The van der Waals surface area contributed by atoms with Crippen molar-refractivity contribution in [3.63, 3.8) is 0 Å². The molecule has 0 bridgehead atoms. The van der Waals surface area contributed by atoms with E-state index in [1.807, 2.05) is 0 Å². The molecule has 15 heavy (non-hydrogen) atoms. The minimum absolute atomic E-state index is 0.214. The van der Waals surface area contributed by atoms with Crippen molar-refractivity contribution in [1.29, 1.82) is 0 Å². The molecule has 0 aliphatic rings. The molecule has 0 amide bonds. The minimum Gasteiger partial charge on any atom is -0.478 e. The molecule has 0 fully saturated rings. The number of hydrazine groups is 1. The molecule has 0 spiro atoms. The first-order valence-corrected chi connectivity index (χ1v) is 4.60. The highest BCUT2D eigenvalue weighted by Crippen LogP contribution is 2.22. The highest BCUT2D eigenvalue weighted by molar-refractivity contribution is 6.32. The number of nitrogens with two attached hydrogens (primary N) is 1. The average molecular weight is 227 g/mol. The van der Waals surface area contributed by atoms with Crippen molar-refractivity contribution < 1.29 is 9.90 Å². The molecule has 1 aromatic rings. The Morgan fingerprint density at radius 3 is 2.80 bits per heavy atom. The highest BCUT2D eigenvalue weighted by Gasteiger charge is 2.03. The van der Waals surface area contributed by atoms with Gasteiger partial charge in [0.2, 0.25) is 0 Å². The second kappa shape index (κ2) is 4.82. The number of benzene rings is 1. The average Bonchev–Trinajstić information content (AvgIpc) is 2.21. The van der Waals surface area contributed by atoms with E-state index in [1.165, 1.54) is 13.0 Å². The summed E-state index contributed by atoms with van der Waals surface area (Å²) < 4.78 is 0. The molecule has 0 heterocycles. The zero-order valence-corrected chi connectivity index (χ0v) is 8.88. The summed E-state index contributed by atoms with van der Waals surface area (Å²) in [7, 11) is 0. The van der Waals surface area contributed by atoms with Crippen LogP contribution in [0.4, 0.5) is 5.69 Å². The molecule has 80 valence electrons. The molecule has 0 saturated carbocycles. The molecule has 1 rings (SSSR count). The Balaban J connectivity index is 3.13. The van der Waals surface area contributed by atoms with Gasteiger partial charge < -0.3 is 10.5 Å². The summed E-state index contributed by atoms with van der Waals surface area (Å²) >= 11 is 5.90. The molecule has 0 aliphatic carbocycles. The molecule has 4 N–H and O–H groups in total. The minimum atomic E-state index is -0.975. The summed E-state index contributed by atoms with van der Waals surface area (Å²) in [6, 6.07) is 5.03. The van der Waals surface area contributed by atoms with E-state index in [1.54, 1.807) is 18.2 Å². The predicted molar refractivity (Wildman–Crippen MR) is 60.5 cm³/mol. The second-order valence-electron chi connectivity index (χ2n) is 3.01. The lowest BCUT2D eigenvalue weighted by molar-refractivity contribution is -0.132. The number of carboxylic acids is 1. The van der Waals surface area contributed by atoms with Crippen LogP contribution in [-0.4, -0.2) is 11.1 Å². The van der Waals surface area contributed by atoms with Gasteiger partial charge in [0.15, 0.2) is 0 Å². The van der Waals surface area contributed by atoms with Crippen molar-refractivity contribution in [3.05, 3.63) is 34.4 Å². The lowest BCUT2D eigenvalue weighted by Gasteiger charge is -2.04. The van der Waals surface area contributed by atoms with E-state index < -0.39 is 5.97 Å². The molecular formula is C10H11ClN2O2. The normalized spacial score (nSPS) is 11.3. The number of anilines is 1. The molecule has 0 aromatic heterocycles. The van der Waals surface area contributed by atoms with Crippen LogP contribution in [0.3, 0.4) is 0 Å². The Morgan fingerprint density at radius 1 is 1.60 bits per heavy atom. The molecular weight excluding hydrogens is 216 g/mol. The first-order chi connectivity index (χ1) is 7.04. The third-order valence-corrected chi connectivity index (χ3v) is 2.22.